The van der Waals surface area contributed by atoms with E-state index >= 15 is 0 Å². The van der Waals surface area contributed by atoms with Crippen molar-refractivity contribution in [1.82, 2.24) is 24.6 Å². The summed E-state index contributed by atoms with van der Waals surface area (Å²) in [7, 11) is 4.20. The first-order valence-electron chi connectivity index (χ1n) is 13.0. The molecule has 2 saturated heterocycles. The van der Waals surface area contributed by atoms with E-state index in [1.165, 1.54) is 22.9 Å². The largest absolute Gasteiger partial charge is 0.356 e. The Balaban J connectivity index is 1.35. The van der Waals surface area contributed by atoms with Gasteiger partial charge in [-0.25, -0.2) is 9.67 Å². The number of aromatic amines is 1. The van der Waals surface area contributed by atoms with Gasteiger partial charge in [0.15, 0.2) is 6.23 Å². The quantitative estimate of drug-likeness (QED) is 0.622. The molecule has 35 heavy (non-hydrogen) atoms. The number of fused-ring (bicyclic) bond motifs is 2. The molecular weight excluding hydrogens is 440 g/mol. The van der Waals surface area contributed by atoms with Crippen molar-refractivity contribution in [1.29, 1.82) is 0 Å². The van der Waals surface area contributed by atoms with Crippen LogP contribution in [0.5, 0.6) is 0 Å². The maximum atomic E-state index is 13.0. The summed E-state index contributed by atoms with van der Waals surface area (Å²) in [6, 6.07) is 4.92. The third-order valence-electron chi connectivity index (χ3n) is 8.45. The summed E-state index contributed by atoms with van der Waals surface area (Å²) < 4.78 is 8.12. The molecule has 3 aliphatic rings. The second kappa shape index (κ2) is 8.75. The van der Waals surface area contributed by atoms with Gasteiger partial charge in [0.05, 0.1) is 17.4 Å². The number of hydrogen-bond acceptors (Lipinski definition) is 6. The zero-order chi connectivity index (χ0) is 24.3. The zero-order valence-corrected chi connectivity index (χ0v) is 21.3. The second-order valence-electron chi connectivity index (χ2n) is 11.0. The third kappa shape index (κ3) is 3.87. The van der Waals surface area contributed by atoms with E-state index in [1.807, 2.05) is 6.20 Å². The van der Waals surface area contributed by atoms with Crippen molar-refractivity contribution in [2.24, 2.45) is 5.92 Å². The fraction of sp³-hybridized carbons (Fsp3) is 0.593. The highest BCUT2D eigenvalue weighted by Gasteiger charge is 2.35. The van der Waals surface area contributed by atoms with Crippen LogP contribution in [0, 0.1) is 12.8 Å². The number of benzene rings is 1. The highest BCUT2D eigenvalue weighted by molar-refractivity contribution is 5.84. The van der Waals surface area contributed by atoms with Crippen LogP contribution in [-0.2, 0) is 17.6 Å². The molecule has 6 rings (SSSR count). The number of aryl methyl sites for hydroxylation is 1. The Hall–Kier alpha value is -2.71. The molecule has 2 aromatic heterocycles. The molecule has 8 heteroatoms. The lowest BCUT2D eigenvalue weighted by Crippen LogP contribution is -2.58. The molecule has 3 atom stereocenters. The van der Waals surface area contributed by atoms with Crippen molar-refractivity contribution >= 4 is 16.9 Å². The highest BCUT2D eigenvalue weighted by atomic mass is 16.5. The fourth-order valence-electron chi connectivity index (χ4n) is 6.17. The first kappa shape index (κ1) is 22.7. The molecule has 1 aromatic carbocycles. The van der Waals surface area contributed by atoms with E-state index in [2.05, 4.69) is 59.5 Å². The van der Waals surface area contributed by atoms with Crippen molar-refractivity contribution in [2.45, 2.75) is 64.1 Å². The summed E-state index contributed by atoms with van der Waals surface area (Å²) >= 11 is 0. The Morgan fingerprint density at radius 3 is 2.74 bits per heavy atom. The molecule has 1 aliphatic carbocycles. The molecule has 1 N–H and O–H groups in total. The minimum Gasteiger partial charge on any atom is -0.356 e. The number of nitrogens with one attached hydrogen (secondary N) is 1. The van der Waals surface area contributed by atoms with E-state index in [1.54, 1.807) is 0 Å². The number of rotatable bonds is 4. The summed E-state index contributed by atoms with van der Waals surface area (Å²) in [6.07, 6.45) is 6.88. The topological polar surface area (TPSA) is 79.3 Å². The van der Waals surface area contributed by atoms with Gasteiger partial charge in [0.25, 0.3) is 5.56 Å². The van der Waals surface area contributed by atoms with Crippen molar-refractivity contribution in [3.8, 4) is 0 Å². The van der Waals surface area contributed by atoms with E-state index in [4.69, 9.17) is 14.8 Å². The summed E-state index contributed by atoms with van der Waals surface area (Å²) in [6.45, 7) is 7.06. The lowest BCUT2D eigenvalue weighted by Gasteiger charge is -2.43. The van der Waals surface area contributed by atoms with E-state index in [0.29, 0.717) is 17.9 Å². The van der Waals surface area contributed by atoms with Crippen LogP contribution in [0.4, 0.5) is 5.95 Å². The van der Waals surface area contributed by atoms with Crippen molar-refractivity contribution in [2.75, 3.05) is 38.7 Å². The van der Waals surface area contributed by atoms with Crippen molar-refractivity contribution in [3.63, 3.8) is 0 Å². The normalized spacial score (nSPS) is 25.2. The standard InChI is InChI=1S/C27H36N6O2/c1-16-8-9-23-21(13-28-33(23)24-7-5-6-10-35-24)25(16)19-12-22-20(11-17(19)2)26(34)30-27(29-22)32-14-18(15-32)31(3)4/h8-9,13,17-19,24H,5-7,10-12,14-15H2,1-4H3,(H,29,30,34)/t17-,19-,24?/m1/s1. The third-order valence-corrected chi connectivity index (χ3v) is 8.45. The number of hydrogen-bond donors (Lipinski definition) is 1. The van der Waals surface area contributed by atoms with Gasteiger partial charge in [-0.1, -0.05) is 13.0 Å². The van der Waals surface area contributed by atoms with Crippen LogP contribution in [0.2, 0.25) is 0 Å². The van der Waals surface area contributed by atoms with Gasteiger partial charge in [0.2, 0.25) is 5.95 Å². The molecule has 2 aliphatic heterocycles. The Morgan fingerprint density at radius 1 is 1.17 bits per heavy atom. The molecule has 0 bridgehead atoms. The van der Waals surface area contributed by atoms with Gasteiger partial charge in [-0.05, 0) is 82.2 Å². The van der Waals surface area contributed by atoms with Crippen LogP contribution in [0.1, 0.15) is 60.7 Å². The lowest BCUT2D eigenvalue weighted by atomic mass is 9.73. The predicted molar refractivity (Wildman–Crippen MR) is 137 cm³/mol. The Kier molecular flexibility index (Phi) is 5.68. The molecule has 1 unspecified atom stereocenters. The highest BCUT2D eigenvalue weighted by Crippen LogP contribution is 2.41. The smallest absolute Gasteiger partial charge is 0.255 e. The molecule has 8 nitrogen and oxygen atoms in total. The summed E-state index contributed by atoms with van der Waals surface area (Å²) in [5, 5.41) is 6.00. The molecule has 0 spiro atoms. The first-order chi connectivity index (χ1) is 16.9. The monoisotopic (exact) mass is 476 g/mol. The maximum absolute atomic E-state index is 13.0. The van der Waals surface area contributed by atoms with E-state index in [0.717, 1.165) is 68.1 Å². The van der Waals surface area contributed by atoms with E-state index < -0.39 is 0 Å². The van der Waals surface area contributed by atoms with Gasteiger partial charge in [0.1, 0.15) is 0 Å². The summed E-state index contributed by atoms with van der Waals surface area (Å²) in [4.78, 5) is 25.5. The SMILES string of the molecule is Cc1ccc2c(cnn2C2CCCCO2)c1[C@@H]1Cc2nc(N3CC(N(C)C)C3)[nH]c(=O)c2C[C@H]1C. The van der Waals surface area contributed by atoms with E-state index in [-0.39, 0.29) is 11.8 Å². The van der Waals surface area contributed by atoms with E-state index in [9.17, 15) is 4.79 Å². The fourth-order valence-corrected chi connectivity index (χ4v) is 6.17. The summed E-state index contributed by atoms with van der Waals surface area (Å²) in [5.74, 6) is 1.36. The first-order valence-corrected chi connectivity index (χ1v) is 13.0. The van der Waals surface area contributed by atoms with Gasteiger partial charge in [0, 0.05) is 36.7 Å². The Labute approximate surface area is 206 Å². The molecule has 0 saturated carbocycles. The average molecular weight is 477 g/mol. The predicted octanol–water partition coefficient (Wildman–Crippen LogP) is 3.40. The van der Waals surface area contributed by atoms with Crippen molar-refractivity contribution in [3.05, 3.63) is 51.1 Å². The van der Waals surface area contributed by atoms with Gasteiger partial charge in [-0.2, -0.15) is 5.10 Å². The minimum atomic E-state index is 0.0200. The number of nitrogens with zero attached hydrogens (tertiary/aromatic N) is 5. The number of H-pyrrole nitrogens is 1. The van der Waals surface area contributed by atoms with Crippen LogP contribution in [0.25, 0.3) is 10.9 Å². The molecule has 3 aromatic rings. The summed E-state index contributed by atoms with van der Waals surface area (Å²) in [5.41, 5.74) is 5.62. The van der Waals surface area contributed by atoms with Crippen LogP contribution in [-0.4, -0.2) is 64.5 Å². The number of aromatic nitrogens is 4. The zero-order valence-electron chi connectivity index (χ0n) is 21.3. The second-order valence-corrected chi connectivity index (χ2v) is 11.0. The van der Waals surface area contributed by atoms with Gasteiger partial charge >= 0.3 is 0 Å². The van der Waals surface area contributed by atoms with Crippen LogP contribution in [0.15, 0.2) is 23.1 Å². The Morgan fingerprint density at radius 2 is 2.00 bits per heavy atom. The average Bonchev–Trinajstić information content (AvgIpc) is 3.23. The van der Waals surface area contributed by atoms with Crippen molar-refractivity contribution < 1.29 is 4.74 Å². The lowest BCUT2D eigenvalue weighted by molar-refractivity contribution is -0.0366. The number of anilines is 1. The number of ether oxygens (including phenoxy) is 1. The molecule has 4 heterocycles. The molecule has 2 fully saturated rings. The van der Waals surface area contributed by atoms with Crippen LogP contribution >= 0.6 is 0 Å². The van der Waals surface area contributed by atoms with Crippen LogP contribution < -0.4 is 10.5 Å². The van der Waals surface area contributed by atoms with Crippen LogP contribution in [0.3, 0.4) is 0 Å². The van der Waals surface area contributed by atoms with Gasteiger partial charge in [-0.15, -0.1) is 0 Å². The number of likely N-dealkylation sites (N-methyl/N-ethyl adjacent to an activating group) is 1. The van der Waals surface area contributed by atoms with Gasteiger partial charge in [-0.3, -0.25) is 9.78 Å². The Bertz CT molecular complexity index is 1300. The molecular formula is C27H36N6O2. The molecule has 0 amide bonds. The minimum absolute atomic E-state index is 0.0200. The van der Waals surface area contributed by atoms with Gasteiger partial charge < -0.3 is 14.5 Å². The molecule has 186 valence electrons. The molecule has 0 radical (unpaired) electrons. The maximum Gasteiger partial charge on any atom is 0.255 e.